The number of benzene rings is 2. The fraction of sp³-hybridized carbons (Fsp3) is 0.571. The highest BCUT2D eigenvalue weighted by atomic mass is 19.1. The van der Waals surface area contributed by atoms with Gasteiger partial charge in [0.15, 0.2) is 0 Å². The topological polar surface area (TPSA) is 69.0 Å². The van der Waals surface area contributed by atoms with E-state index in [1.54, 1.807) is 0 Å². The van der Waals surface area contributed by atoms with Crippen molar-refractivity contribution in [2.75, 3.05) is 19.7 Å². The summed E-state index contributed by atoms with van der Waals surface area (Å²) in [6, 6.07) is 10.8. The van der Waals surface area contributed by atoms with Crippen LogP contribution in [-0.4, -0.2) is 43.1 Å². The molecule has 1 aliphatic rings. The van der Waals surface area contributed by atoms with Crippen molar-refractivity contribution in [3.63, 3.8) is 0 Å². The Bertz CT molecular complexity index is 891. The number of aryl methyl sites for hydroxylation is 1. The molecule has 194 valence electrons. The monoisotopic (exact) mass is 490 g/mol. The Kier molecular flexibility index (Phi) is 11.1. The second kappa shape index (κ2) is 14.0. The molecule has 2 aromatic carbocycles. The summed E-state index contributed by atoms with van der Waals surface area (Å²) in [5.41, 5.74) is 2.73. The van der Waals surface area contributed by atoms with Crippen molar-refractivity contribution >= 4 is 0 Å². The summed E-state index contributed by atoms with van der Waals surface area (Å²) in [7, 11) is 0. The minimum atomic E-state index is -0.963. The summed E-state index contributed by atoms with van der Waals surface area (Å²) in [5, 5.41) is 27.6. The summed E-state index contributed by atoms with van der Waals surface area (Å²) in [6.07, 6.45) is 3.92. The molecule has 3 unspecified atom stereocenters. The van der Waals surface area contributed by atoms with E-state index in [9.17, 15) is 19.1 Å². The lowest BCUT2D eigenvalue weighted by molar-refractivity contribution is -0.883. The molecule has 1 aliphatic heterocycles. The van der Waals surface area contributed by atoms with Crippen LogP contribution in [0.5, 0.6) is 0 Å². The van der Waals surface area contributed by atoms with E-state index >= 15 is 0 Å². The van der Waals surface area contributed by atoms with Gasteiger partial charge in [0, 0.05) is 38.1 Å². The molecule has 7 heteroatoms. The van der Waals surface area contributed by atoms with E-state index in [1.807, 2.05) is 12.1 Å². The molecule has 0 aliphatic carbocycles. The van der Waals surface area contributed by atoms with Crippen molar-refractivity contribution in [1.82, 2.24) is 5.32 Å². The van der Waals surface area contributed by atoms with E-state index in [4.69, 9.17) is 4.74 Å². The number of aliphatic hydroxyl groups excluding tert-OH is 1. The molecule has 5 nitrogen and oxygen atoms in total. The predicted octanol–water partition coefficient (Wildman–Crippen LogP) is 3.57. The van der Waals surface area contributed by atoms with Gasteiger partial charge in [-0.05, 0) is 54.5 Å². The van der Waals surface area contributed by atoms with Crippen LogP contribution in [0, 0.1) is 22.8 Å². The summed E-state index contributed by atoms with van der Waals surface area (Å²) in [6.45, 7) is 6.00. The SMILES string of the molecule is CCCC1CC(C[NH+]([O-])[C@H](Cc2cc(F)cc(F)c2)[C@@H](O)CNCc2cccc(CC)c2)CCO1. The Morgan fingerprint density at radius 2 is 1.86 bits per heavy atom. The van der Waals surface area contributed by atoms with Gasteiger partial charge in [0.2, 0.25) is 0 Å². The Morgan fingerprint density at radius 1 is 1.11 bits per heavy atom. The van der Waals surface area contributed by atoms with Crippen LogP contribution in [0.2, 0.25) is 0 Å². The minimum absolute atomic E-state index is 0.0564. The first-order valence-corrected chi connectivity index (χ1v) is 12.9. The molecule has 35 heavy (non-hydrogen) atoms. The van der Waals surface area contributed by atoms with Crippen molar-refractivity contribution in [1.29, 1.82) is 0 Å². The Hall–Kier alpha value is -1.90. The lowest BCUT2D eigenvalue weighted by Crippen LogP contribution is -3.14. The number of halogens is 2. The summed E-state index contributed by atoms with van der Waals surface area (Å²) < 4.78 is 33.4. The first-order chi connectivity index (χ1) is 16.9. The maximum Gasteiger partial charge on any atom is 0.126 e. The molecular weight excluding hydrogens is 450 g/mol. The Labute approximate surface area is 208 Å². The quantitative estimate of drug-likeness (QED) is 0.376. The molecule has 0 bridgehead atoms. The fourth-order valence-corrected chi connectivity index (χ4v) is 5.02. The molecule has 3 N–H and O–H groups in total. The number of nitrogens with one attached hydrogen (secondary N) is 2. The van der Waals surface area contributed by atoms with Crippen LogP contribution in [0.3, 0.4) is 0 Å². The zero-order valence-electron chi connectivity index (χ0n) is 20.9. The van der Waals surface area contributed by atoms with Crippen molar-refractivity contribution in [2.45, 2.75) is 77.2 Å². The Morgan fingerprint density at radius 3 is 2.57 bits per heavy atom. The van der Waals surface area contributed by atoms with Gasteiger partial charge < -0.3 is 25.4 Å². The first kappa shape index (κ1) is 27.7. The molecule has 5 atom stereocenters. The van der Waals surface area contributed by atoms with E-state index in [2.05, 4.69) is 31.3 Å². The Balaban J connectivity index is 1.66. The second-order valence-corrected chi connectivity index (χ2v) is 9.80. The third-order valence-corrected chi connectivity index (χ3v) is 6.91. The molecule has 0 spiro atoms. The molecule has 1 fully saturated rings. The van der Waals surface area contributed by atoms with Crippen molar-refractivity contribution in [2.24, 2.45) is 5.92 Å². The van der Waals surface area contributed by atoms with Crippen LogP contribution < -0.4 is 10.4 Å². The summed E-state index contributed by atoms with van der Waals surface area (Å²) in [5.74, 6) is -1.15. The van der Waals surface area contributed by atoms with E-state index in [1.165, 1.54) is 17.7 Å². The van der Waals surface area contributed by atoms with Gasteiger partial charge in [-0.2, -0.15) is 0 Å². The van der Waals surface area contributed by atoms with Gasteiger partial charge in [-0.15, -0.1) is 0 Å². The average Bonchev–Trinajstić information content (AvgIpc) is 2.82. The third kappa shape index (κ3) is 8.92. The van der Waals surface area contributed by atoms with Gasteiger partial charge in [-0.25, -0.2) is 8.78 Å². The number of hydrogen-bond acceptors (Lipinski definition) is 4. The van der Waals surface area contributed by atoms with Gasteiger partial charge in [0.25, 0.3) is 0 Å². The van der Waals surface area contributed by atoms with Crippen molar-refractivity contribution in [3.8, 4) is 0 Å². The van der Waals surface area contributed by atoms with Crippen LogP contribution in [0.1, 0.15) is 56.2 Å². The van der Waals surface area contributed by atoms with Crippen LogP contribution in [0.25, 0.3) is 0 Å². The molecule has 3 rings (SSSR count). The zero-order chi connectivity index (χ0) is 25.2. The van der Waals surface area contributed by atoms with Gasteiger partial charge in [-0.1, -0.05) is 44.5 Å². The summed E-state index contributed by atoms with van der Waals surface area (Å²) >= 11 is 0. The van der Waals surface area contributed by atoms with E-state index in [-0.39, 0.29) is 30.1 Å². The van der Waals surface area contributed by atoms with Crippen LogP contribution in [0.15, 0.2) is 42.5 Å². The minimum Gasteiger partial charge on any atom is -0.634 e. The van der Waals surface area contributed by atoms with Crippen molar-refractivity contribution < 1.29 is 23.7 Å². The van der Waals surface area contributed by atoms with Crippen LogP contribution in [-0.2, 0) is 24.1 Å². The highest BCUT2D eigenvalue weighted by Crippen LogP contribution is 2.22. The lowest BCUT2D eigenvalue weighted by Gasteiger charge is -2.39. The largest absolute Gasteiger partial charge is 0.634 e. The number of aliphatic hydroxyl groups is 1. The number of quaternary nitrogens is 1. The van der Waals surface area contributed by atoms with Gasteiger partial charge in [-0.3, -0.25) is 0 Å². The number of hydroxylamine groups is 2. The maximum atomic E-state index is 13.8. The molecule has 0 aromatic heterocycles. The van der Waals surface area contributed by atoms with Crippen LogP contribution >= 0.6 is 0 Å². The van der Waals surface area contributed by atoms with Gasteiger partial charge >= 0.3 is 0 Å². The average molecular weight is 491 g/mol. The zero-order valence-corrected chi connectivity index (χ0v) is 20.9. The number of hydrogen-bond donors (Lipinski definition) is 3. The van der Waals surface area contributed by atoms with E-state index in [0.29, 0.717) is 25.3 Å². The molecule has 0 amide bonds. The molecule has 1 saturated heterocycles. The highest BCUT2D eigenvalue weighted by molar-refractivity contribution is 5.23. The molecular formula is C28H40F2N2O3. The van der Waals surface area contributed by atoms with Crippen LogP contribution in [0.4, 0.5) is 8.78 Å². The number of rotatable bonds is 13. The molecule has 0 saturated carbocycles. The van der Waals surface area contributed by atoms with Crippen molar-refractivity contribution in [3.05, 3.63) is 76.0 Å². The van der Waals surface area contributed by atoms with E-state index in [0.717, 1.165) is 43.7 Å². The molecule has 0 radical (unpaired) electrons. The normalized spacial score (nSPS) is 21.0. The third-order valence-electron chi connectivity index (χ3n) is 6.91. The fourth-order valence-electron chi connectivity index (χ4n) is 5.02. The maximum absolute atomic E-state index is 13.8. The lowest BCUT2D eigenvalue weighted by atomic mass is 9.92. The molecule has 2 aromatic rings. The van der Waals surface area contributed by atoms with E-state index < -0.39 is 23.8 Å². The second-order valence-electron chi connectivity index (χ2n) is 9.80. The molecule has 1 heterocycles. The predicted molar refractivity (Wildman–Crippen MR) is 134 cm³/mol. The smallest absolute Gasteiger partial charge is 0.126 e. The highest BCUT2D eigenvalue weighted by Gasteiger charge is 2.30. The summed E-state index contributed by atoms with van der Waals surface area (Å²) in [4.78, 5) is 0. The first-order valence-electron chi connectivity index (χ1n) is 12.9. The van der Waals surface area contributed by atoms with Gasteiger partial charge in [0.05, 0.1) is 12.6 Å². The standard InChI is InChI=1S/C28H40F2N2O3/c1-3-6-26-14-22(9-10-35-26)19-32(34)27(15-23-12-24(29)16-25(30)13-23)28(33)18-31-17-21-8-5-7-20(4-2)11-21/h5,7-8,11-13,16,22,26-28,31-33H,3-4,6,9-10,14-15,17-19H2,1-2H3/t22?,26?,27-,28+/m1/s1. The van der Waals surface area contributed by atoms with Gasteiger partial charge in [0.1, 0.15) is 23.8 Å². The number of ether oxygens (including phenoxy) is 1.